The standard InChI is InChI=1S/C22H40O3.C3H8.C2H6.CH4O/c1-15(8-9-20-18(4)13-16(2)19(5)25-20)12-17(3)21-14-22(6,23-7)10-11-24-21;1-3-2;2*1-2/h8,16-21H,9-14H2,1-7H3;3H2,1-2H3;1-2H3;2H,1H3/b15-8+;;;. The minimum absolute atomic E-state index is 0.0208. The smallest absolute Gasteiger partial charge is 0.0697 e. The van der Waals surface area contributed by atoms with Crippen molar-refractivity contribution in [1.29, 1.82) is 0 Å². The van der Waals surface area contributed by atoms with E-state index in [2.05, 4.69) is 61.5 Å². The second-order valence-corrected chi connectivity index (χ2v) is 9.76. The van der Waals surface area contributed by atoms with Gasteiger partial charge in [0.25, 0.3) is 0 Å². The normalized spacial score (nSPS) is 33.4. The molecule has 0 amide bonds. The van der Waals surface area contributed by atoms with Crippen molar-refractivity contribution in [1.82, 2.24) is 0 Å². The summed E-state index contributed by atoms with van der Waals surface area (Å²) in [6.45, 7) is 22.7. The van der Waals surface area contributed by atoms with Gasteiger partial charge < -0.3 is 19.3 Å². The van der Waals surface area contributed by atoms with Gasteiger partial charge in [0, 0.05) is 27.2 Å². The van der Waals surface area contributed by atoms with Crippen molar-refractivity contribution in [3.63, 3.8) is 0 Å². The zero-order chi connectivity index (χ0) is 25.3. The molecule has 7 unspecified atom stereocenters. The molecule has 2 saturated heterocycles. The Morgan fingerprint density at radius 3 is 2.25 bits per heavy atom. The molecule has 194 valence electrons. The number of rotatable bonds is 6. The SMILES string of the molecule is CC.CCC.CO.COC1(C)CCOC(C(C)C/C(C)=C/CC2OC(C)C(C)CC2C)C1. The van der Waals surface area contributed by atoms with Gasteiger partial charge in [-0.15, -0.1) is 0 Å². The second kappa shape index (κ2) is 18.9. The van der Waals surface area contributed by atoms with Crippen LogP contribution < -0.4 is 0 Å². The molecule has 0 aromatic heterocycles. The van der Waals surface area contributed by atoms with Crippen molar-refractivity contribution in [2.75, 3.05) is 20.8 Å². The predicted octanol–water partition coefficient (Wildman–Crippen LogP) is 7.43. The molecule has 0 spiro atoms. The molecule has 2 aliphatic heterocycles. The van der Waals surface area contributed by atoms with Crippen molar-refractivity contribution in [3.8, 4) is 0 Å². The van der Waals surface area contributed by atoms with Gasteiger partial charge in [-0.1, -0.05) is 66.5 Å². The van der Waals surface area contributed by atoms with Crippen LogP contribution in [0.2, 0.25) is 0 Å². The van der Waals surface area contributed by atoms with Gasteiger partial charge in [0.15, 0.2) is 0 Å². The average molecular weight is 459 g/mol. The van der Waals surface area contributed by atoms with E-state index in [1.54, 1.807) is 0 Å². The van der Waals surface area contributed by atoms with Gasteiger partial charge in [-0.05, 0) is 64.2 Å². The van der Waals surface area contributed by atoms with E-state index in [1.165, 1.54) is 18.4 Å². The number of methoxy groups -OCH3 is 1. The Morgan fingerprint density at radius 1 is 1.16 bits per heavy atom. The zero-order valence-electron chi connectivity index (χ0n) is 23.7. The Labute approximate surface area is 201 Å². The largest absolute Gasteiger partial charge is 0.400 e. The summed E-state index contributed by atoms with van der Waals surface area (Å²) in [7, 11) is 2.82. The second-order valence-electron chi connectivity index (χ2n) is 9.76. The molecule has 0 aliphatic carbocycles. The van der Waals surface area contributed by atoms with Crippen LogP contribution in [0.4, 0.5) is 0 Å². The van der Waals surface area contributed by atoms with Crippen molar-refractivity contribution < 1.29 is 19.3 Å². The molecule has 32 heavy (non-hydrogen) atoms. The van der Waals surface area contributed by atoms with Crippen molar-refractivity contribution >= 4 is 0 Å². The van der Waals surface area contributed by atoms with E-state index in [1.807, 2.05) is 21.0 Å². The summed E-state index contributed by atoms with van der Waals surface area (Å²) in [6, 6.07) is 0. The summed E-state index contributed by atoms with van der Waals surface area (Å²) >= 11 is 0. The number of hydrogen-bond donors (Lipinski definition) is 1. The third kappa shape index (κ3) is 12.7. The Morgan fingerprint density at radius 2 is 1.72 bits per heavy atom. The highest BCUT2D eigenvalue weighted by molar-refractivity contribution is 5.02. The highest BCUT2D eigenvalue weighted by Crippen LogP contribution is 2.34. The Balaban J connectivity index is 0. The summed E-state index contributed by atoms with van der Waals surface area (Å²) in [5, 5.41) is 7.00. The molecule has 4 heteroatoms. The van der Waals surface area contributed by atoms with Crippen LogP contribution in [0.3, 0.4) is 0 Å². The van der Waals surface area contributed by atoms with Crippen LogP contribution in [-0.2, 0) is 14.2 Å². The van der Waals surface area contributed by atoms with Crippen molar-refractivity contribution in [2.45, 2.75) is 132 Å². The predicted molar refractivity (Wildman–Crippen MR) is 139 cm³/mol. The van der Waals surface area contributed by atoms with Crippen LogP contribution >= 0.6 is 0 Å². The van der Waals surface area contributed by atoms with Crippen LogP contribution in [0.25, 0.3) is 0 Å². The van der Waals surface area contributed by atoms with Crippen molar-refractivity contribution in [2.24, 2.45) is 17.8 Å². The fourth-order valence-electron chi connectivity index (χ4n) is 4.37. The minimum atomic E-state index is -0.0208. The summed E-state index contributed by atoms with van der Waals surface area (Å²) in [4.78, 5) is 0. The van der Waals surface area contributed by atoms with Gasteiger partial charge in [-0.2, -0.15) is 0 Å². The van der Waals surface area contributed by atoms with E-state index < -0.39 is 0 Å². The van der Waals surface area contributed by atoms with E-state index in [4.69, 9.17) is 19.3 Å². The third-order valence-corrected chi connectivity index (χ3v) is 6.63. The number of hydrogen-bond acceptors (Lipinski definition) is 4. The molecule has 4 nitrogen and oxygen atoms in total. The molecule has 0 aromatic carbocycles. The van der Waals surface area contributed by atoms with Crippen molar-refractivity contribution in [3.05, 3.63) is 11.6 Å². The molecule has 0 saturated carbocycles. The quantitative estimate of drug-likeness (QED) is 0.420. The molecular formula is C28H58O4. The number of aliphatic hydroxyl groups is 1. The molecule has 2 rings (SSSR count). The maximum absolute atomic E-state index is 7.00. The van der Waals surface area contributed by atoms with Gasteiger partial charge in [-0.3, -0.25) is 0 Å². The molecule has 2 aliphatic rings. The van der Waals surface area contributed by atoms with Gasteiger partial charge in [0.1, 0.15) is 0 Å². The summed E-state index contributed by atoms with van der Waals surface area (Å²) in [6.07, 6.45) is 10.1. The Hall–Kier alpha value is -0.420. The van der Waals surface area contributed by atoms with Gasteiger partial charge in [0.2, 0.25) is 0 Å². The molecule has 0 aromatic rings. The van der Waals surface area contributed by atoms with E-state index in [9.17, 15) is 0 Å². The highest BCUT2D eigenvalue weighted by Gasteiger charge is 2.35. The lowest BCUT2D eigenvalue weighted by molar-refractivity contribution is -0.126. The van der Waals surface area contributed by atoms with Gasteiger partial charge in [-0.25, -0.2) is 0 Å². The number of ether oxygens (including phenoxy) is 3. The first-order valence-corrected chi connectivity index (χ1v) is 13.1. The maximum atomic E-state index is 7.00. The third-order valence-electron chi connectivity index (χ3n) is 6.63. The Kier molecular flexibility index (Phi) is 20.0. The van der Waals surface area contributed by atoms with E-state index >= 15 is 0 Å². The fraction of sp³-hybridized carbons (Fsp3) is 0.929. The first kappa shape index (κ1) is 33.8. The minimum Gasteiger partial charge on any atom is -0.400 e. The lowest BCUT2D eigenvalue weighted by Gasteiger charge is -2.39. The lowest BCUT2D eigenvalue weighted by Crippen LogP contribution is -2.42. The van der Waals surface area contributed by atoms with E-state index in [0.717, 1.165) is 39.4 Å². The van der Waals surface area contributed by atoms with Gasteiger partial charge in [0.05, 0.1) is 23.9 Å². The summed E-state index contributed by atoms with van der Waals surface area (Å²) in [5.74, 6) is 1.85. The fourth-order valence-corrected chi connectivity index (χ4v) is 4.37. The molecule has 2 heterocycles. The summed E-state index contributed by atoms with van der Waals surface area (Å²) in [5.41, 5.74) is 1.44. The Bertz CT molecular complexity index is 464. The molecule has 1 N–H and O–H groups in total. The lowest BCUT2D eigenvalue weighted by atomic mass is 9.83. The maximum Gasteiger partial charge on any atom is 0.0697 e. The molecule has 0 bridgehead atoms. The average Bonchev–Trinajstić information content (AvgIpc) is 2.78. The number of allylic oxidation sites excluding steroid dienone is 1. The van der Waals surface area contributed by atoms with Crippen LogP contribution in [0, 0.1) is 17.8 Å². The molecular weight excluding hydrogens is 400 g/mol. The van der Waals surface area contributed by atoms with Crippen LogP contribution in [0.1, 0.15) is 108 Å². The van der Waals surface area contributed by atoms with Crippen LogP contribution in [-0.4, -0.2) is 49.8 Å². The zero-order valence-corrected chi connectivity index (χ0v) is 23.7. The van der Waals surface area contributed by atoms with Gasteiger partial charge >= 0.3 is 0 Å². The van der Waals surface area contributed by atoms with Crippen LogP contribution in [0.5, 0.6) is 0 Å². The monoisotopic (exact) mass is 458 g/mol. The molecule has 7 atom stereocenters. The topological polar surface area (TPSA) is 47.9 Å². The molecule has 0 radical (unpaired) electrons. The highest BCUT2D eigenvalue weighted by atomic mass is 16.5. The molecule has 2 fully saturated rings. The van der Waals surface area contributed by atoms with E-state index in [-0.39, 0.29) is 5.60 Å². The first-order valence-electron chi connectivity index (χ1n) is 13.1. The van der Waals surface area contributed by atoms with Crippen LogP contribution in [0.15, 0.2) is 11.6 Å². The number of aliphatic hydroxyl groups excluding tert-OH is 1. The first-order chi connectivity index (χ1) is 15.2. The summed E-state index contributed by atoms with van der Waals surface area (Å²) < 4.78 is 18.0. The van der Waals surface area contributed by atoms with E-state index in [0.29, 0.717) is 36.1 Å².